The first-order chi connectivity index (χ1) is 3.86. The van der Waals surface area contributed by atoms with E-state index in [9.17, 15) is 0 Å². The minimum absolute atomic E-state index is 0. The fourth-order valence-electron chi connectivity index (χ4n) is 2.29. The van der Waals surface area contributed by atoms with Crippen molar-refractivity contribution in [2.45, 2.75) is 31.7 Å². The van der Waals surface area contributed by atoms with Crippen LogP contribution in [0.3, 0.4) is 0 Å². The van der Waals surface area contributed by atoms with Crippen molar-refractivity contribution >= 4 is 12.4 Å². The smallest absolute Gasteiger partial charge is 0.00699 e. The molecule has 0 aliphatic heterocycles. The van der Waals surface area contributed by atoms with E-state index in [0.717, 1.165) is 11.8 Å². The molecule has 0 amide bonds. The van der Waals surface area contributed by atoms with E-state index in [2.05, 4.69) is 0 Å². The predicted octanol–water partition coefficient (Wildman–Crippen LogP) is 1.56. The third-order valence-electron chi connectivity index (χ3n) is 2.79. The van der Waals surface area contributed by atoms with E-state index in [1.807, 2.05) is 0 Å². The second-order valence-electron chi connectivity index (χ2n) is 3.34. The van der Waals surface area contributed by atoms with E-state index in [0.29, 0.717) is 6.04 Å². The minimum atomic E-state index is 0. The lowest BCUT2D eigenvalue weighted by Gasteiger charge is -2.15. The summed E-state index contributed by atoms with van der Waals surface area (Å²) >= 11 is 0. The first-order valence-corrected chi connectivity index (χ1v) is 3.62. The third kappa shape index (κ3) is 1.08. The first kappa shape index (κ1) is 7.36. The molecule has 0 unspecified atom stereocenters. The fraction of sp³-hybridized carbons (Fsp3) is 1.00. The molecular weight excluding hydrogens is 134 g/mol. The number of nitrogens with two attached hydrogens (primary N) is 1. The third-order valence-corrected chi connectivity index (χ3v) is 2.79. The summed E-state index contributed by atoms with van der Waals surface area (Å²) in [5.41, 5.74) is 5.82. The highest BCUT2D eigenvalue weighted by Gasteiger charge is 2.36. The van der Waals surface area contributed by atoms with E-state index in [-0.39, 0.29) is 12.4 Å². The molecule has 0 heterocycles. The van der Waals surface area contributed by atoms with Crippen LogP contribution in [0.5, 0.6) is 0 Å². The summed E-state index contributed by atoms with van der Waals surface area (Å²) in [7, 11) is 0. The Hall–Kier alpha value is 0.250. The Morgan fingerprint density at radius 2 is 1.89 bits per heavy atom. The van der Waals surface area contributed by atoms with Gasteiger partial charge < -0.3 is 5.73 Å². The number of rotatable bonds is 0. The zero-order chi connectivity index (χ0) is 5.56. The van der Waals surface area contributed by atoms with Crippen LogP contribution in [0.2, 0.25) is 0 Å². The Kier molecular flexibility index (Phi) is 2.02. The number of halogens is 1. The van der Waals surface area contributed by atoms with Crippen LogP contribution >= 0.6 is 12.4 Å². The van der Waals surface area contributed by atoms with E-state index in [1.54, 1.807) is 0 Å². The molecule has 2 fully saturated rings. The molecule has 9 heavy (non-hydrogen) atoms. The Labute approximate surface area is 62.4 Å². The van der Waals surface area contributed by atoms with Crippen LogP contribution in [0.15, 0.2) is 0 Å². The van der Waals surface area contributed by atoms with Crippen LogP contribution in [0.4, 0.5) is 0 Å². The first-order valence-electron chi connectivity index (χ1n) is 3.62. The lowest BCUT2D eigenvalue weighted by Crippen LogP contribution is -2.26. The van der Waals surface area contributed by atoms with Gasteiger partial charge in [0.2, 0.25) is 0 Å². The molecule has 0 radical (unpaired) electrons. The van der Waals surface area contributed by atoms with Crippen molar-refractivity contribution in [2.75, 3.05) is 0 Å². The molecule has 2 saturated carbocycles. The Morgan fingerprint density at radius 1 is 1.11 bits per heavy atom. The average molecular weight is 148 g/mol. The summed E-state index contributed by atoms with van der Waals surface area (Å²) < 4.78 is 0. The highest BCUT2D eigenvalue weighted by Crippen LogP contribution is 2.43. The standard InChI is InChI=1S/C7H13N.ClH/c8-7-4-5-1-2-6(7)3-5;/h5-7H,1-4,8H2;1H/t5-,6+,7+;/m0./s1. The van der Waals surface area contributed by atoms with Crippen LogP contribution < -0.4 is 5.73 Å². The largest absolute Gasteiger partial charge is 0.327 e. The summed E-state index contributed by atoms with van der Waals surface area (Å²) in [6, 6.07) is 0.578. The second-order valence-corrected chi connectivity index (χ2v) is 3.34. The highest BCUT2D eigenvalue weighted by molar-refractivity contribution is 5.85. The lowest BCUT2D eigenvalue weighted by molar-refractivity contribution is 0.418. The summed E-state index contributed by atoms with van der Waals surface area (Å²) in [5, 5.41) is 0. The topological polar surface area (TPSA) is 26.0 Å². The van der Waals surface area contributed by atoms with Gasteiger partial charge in [0.1, 0.15) is 0 Å². The zero-order valence-corrected chi connectivity index (χ0v) is 6.36. The van der Waals surface area contributed by atoms with Gasteiger partial charge >= 0.3 is 0 Å². The molecule has 2 aliphatic rings. The lowest BCUT2D eigenvalue weighted by atomic mass is 9.96. The van der Waals surface area contributed by atoms with Crippen molar-refractivity contribution in [1.29, 1.82) is 0 Å². The molecule has 0 saturated heterocycles. The summed E-state index contributed by atoms with van der Waals surface area (Å²) in [5.74, 6) is 1.94. The van der Waals surface area contributed by atoms with Gasteiger partial charge in [0.15, 0.2) is 0 Å². The number of fused-ring (bicyclic) bond motifs is 2. The SMILES string of the molecule is Cl.N[C@@H]1C[C@H]2CC[C@@H]1C2. The van der Waals surface area contributed by atoms with E-state index in [4.69, 9.17) is 5.73 Å². The maximum atomic E-state index is 5.82. The summed E-state index contributed by atoms with van der Waals surface area (Å²) in [4.78, 5) is 0. The average Bonchev–Trinajstić information content (AvgIpc) is 2.23. The summed E-state index contributed by atoms with van der Waals surface area (Å²) in [6.45, 7) is 0. The van der Waals surface area contributed by atoms with Gasteiger partial charge in [0.05, 0.1) is 0 Å². The normalized spacial score (nSPS) is 47.0. The molecule has 2 N–H and O–H groups in total. The molecule has 2 rings (SSSR count). The molecule has 2 aliphatic carbocycles. The van der Waals surface area contributed by atoms with Crippen molar-refractivity contribution in [2.24, 2.45) is 17.6 Å². The van der Waals surface area contributed by atoms with E-state index in [1.165, 1.54) is 25.7 Å². The molecule has 3 atom stereocenters. The maximum Gasteiger partial charge on any atom is 0.00699 e. The van der Waals surface area contributed by atoms with Crippen LogP contribution in [0, 0.1) is 11.8 Å². The van der Waals surface area contributed by atoms with Crippen molar-refractivity contribution in [1.82, 2.24) is 0 Å². The molecule has 0 aromatic carbocycles. The Balaban J connectivity index is 0.000000405. The van der Waals surface area contributed by atoms with Gasteiger partial charge in [-0.1, -0.05) is 6.42 Å². The van der Waals surface area contributed by atoms with Crippen LogP contribution in [0.25, 0.3) is 0 Å². The molecule has 54 valence electrons. The van der Waals surface area contributed by atoms with Crippen molar-refractivity contribution < 1.29 is 0 Å². The Bertz CT molecular complexity index is 103. The molecule has 2 bridgehead atoms. The monoisotopic (exact) mass is 147 g/mol. The van der Waals surface area contributed by atoms with Gasteiger partial charge in [-0.25, -0.2) is 0 Å². The van der Waals surface area contributed by atoms with Crippen LogP contribution in [0.1, 0.15) is 25.7 Å². The van der Waals surface area contributed by atoms with Gasteiger partial charge in [0.25, 0.3) is 0 Å². The van der Waals surface area contributed by atoms with Gasteiger partial charge in [-0.3, -0.25) is 0 Å². The van der Waals surface area contributed by atoms with Gasteiger partial charge in [0, 0.05) is 6.04 Å². The van der Waals surface area contributed by atoms with Crippen molar-refractivity contribution in [3.8, 4) is 0 Å². The van der Waals surface area contributed by atoms with Crippen LogP contribution in [-0.2, 0) is 0 Å². The maximum absolute atomic E-state index is 5.82. The zero-order valence-electron chi connectivity index (χ0n) is 5.55. The quantitative estimate of drug-likeness (QED) is 0.553. The molecule has 0 aromatic heterocycles. The Morgan fingerprint density at radius 3 is 2.11 bits per heavy atom. The van der Waals surface area contributed by atoms with E-state index >= 15 is 0 Å². The minimum Gasteiger partial charge on any atom is -0.327 e. The molecule has 2 heteroatoms. The van der Waals surface area contributed by atoms with Crippen molar-refractivity contribution in [3.05, 3.63) is 0 Å². The molecule has 0 aromatic rings. The van der Waals surface area contributed by atoms with Gasteiger partial charge in [-0.05, 0) is 31.1 Å². The molecular formula is C7H14ClN. The fourth-order valence-corrected chi connectivity index (χ4v) is 2.29. The predicted molar refractivity (Wildman–Crippen MR) is 40.7 cm³/mol. The van der Waals surface area contributed by atoms with E-state index < -0.39 is 0 Å². The van der Waals surface area contributed by atoms with Gasteiger partial charge in [-0.2, -0.15) is 0 Å². The van der Waals surface area contributed by atoms with Gasteiger partial charge in [-0.15, -0.1) is 12.4 Å². The second kappa shape index (κ2) is 2.47. The number of hydrogen-bond donors (Lipinski definition) is 1. The van der Waals surface area contributed by atoms with Crippen molar-refractivity contribution in [3.63, 3.8) is 0 Å². The summed E-state index contributed by atoms with van der Waals surface area (Å²) in [6.07, 6.45) is 5.66. The highest BCUT2D eigenvalue weighted by atomic mass is 35.5. The molecule has 0 spiro atoms. The van der Waals surface area contributed by atoms with Crippen LogP contribution in [-0.4, -0.2) is 6.04 Å². The molecule has 1 nitrogen and oxygen atoms in total. The number of hydrogen-bond acceptors (Lipinski definition) is 1.